The zero-order valence-electron chi connectivity index (χ0n) is 14.2. The minimum atomic E-state index is -0.919. The van der Waals surface area contributed by atoms with Crippen molar-refractivity contribution in [3.63, 3.8) is 0 Å². The van der Waals surface area contributed by atoms with Crippen molar-refractivity contribution in [2.24, 2.45) is 5.10 Å². The molecule has 0 saturated heterocycles. The second-order valence-corrected chi connectivity index (χ2v) is 5.71. The predicted octanol–water partition coefficient (Wildman–Crippen LogP) is 2.84. The highest BCUT2D eigenvalue weighted by Crippen LogP contribution is 2.34. The van der Waals surface area contributed by atoms with Gasteiger partial charge in [-0.3, -0.25) is 9.59 Å². The summed E-state index contributed by atoms with van der Waals surface area (Å²) >= 11 is 5.91. The Morgan fingerprint density at radius 1 is 1.27 bits per heavy atom. The van der Waals surface area contributed by atoms with E-state index in [2.05, 4.69) is 15.8 Å². The van der Waals surface area contributed by atoms with Crippen LogP contribution in [0.1, 0.15) is 18.1 Å². The van der Waals surface area contributed by atoms with Crippen LogP contribution in [0.25, 0.3) is 0 Å². The third-order valence-electron chi connectivity index (χ3n) is 3.21. The number of hydrogen-bond donors (Lipinski definition) is 3. The number of nitrogens with one attached hydrogen (secondary N) is 2. The lowest BCUT2D eigenvalue weighted by atomic mass is 10.2. The van der Waals surface area contributed by atoms with Gasteiger partial charge in [0, 0.05) is 5.69 Å². The Kier molecular flexibility index (Phi) is 6.57. The molecule has 2 aromatic rings. The molecule has 0 aliphatic rings. The number of amides is 2. The van der Waals surface area contributed by atoms with E-state index in [-0.39, 0.29) is 16.5 Å². The second-order valence-electron chi connectivity index (χ2n) is 5.31. The Hall–Kier alpha value is -3.06. The van der Waals surface area contributed by atoms with E-state index in [9.17, 15) is 14.7 Å². The zero-order chi connectivity index (χ0) is 19.1. The molecule has 8 heteroatoms. The molecule has 0 heterocycles. The summed E-state index contributed by atoms with van der Waals surface area (Å²) in [6, 6.07) is 10.0. The van der Waals surface area contributed by atoms with E-state index in [0.29, 0.717) is 17.9 Å². The maximum Gasteiger partial charge on any atom is 0.329 e. The summed E-state index contributed by atoms with van der Waals surface area (Å²) in [6.07, 6.45) is 1.28. The molecule has 0 aliphatic carbocycles. The van der Waals surface area contributed by atoms with Crippen LogP contribution in [0, 0.1) is 6.92 Å². The quantitative estimate of drug-likeness (QED) is 0.425. The van der Waals surface area contributed by atoms with Crippen LogP contribution in [0.15, 0.2) is 41.5 Å². The van der Waals surface area contributed by atoms with Gasteiger partial charge in [-0.15, -0.1) is 0 Å². The lowest BCUT2D eigenvalue weighted by Gasteiger charge is -2.08. The first-order valence-electron chi connectivity index (χ1n) is 7.77. The van der Waals surface area contributed by atoms with Gasteiger partial charge in [0.15, 0.2) is 11.5 Å². The largest absolute Gasteiger partial charge is 0.503 e. The van der Waals surface area contributed by atoms with E-state index < -0.39 is 11.8 Å². The molecule has 0 bridgehead atoms. The molecular formula is C18H18ClN3O4. The van der Waals surface area contributed by atoms with Crippen LogP contribution in [0.4, 0.5) is 5.69 Å². The molecule has 26 heavy (non-hydrogen) atoms. The Balaban J connectivity index is 1.99. The topological polar surface area (TPSA) is 100 Å². The molecular weight excluding hydrogens is 358 g/mol. The van der Waals surface area contributed by atoms with E-state index in [1.807, 2.05) is 13.0 Å². The van der Waals surface area contributed by atoms with Crippen LogP contribution < -0.4 is 15.5 Å². The monoisotopic (exact) mass is 375 g/mol. The number of ether oxygens (including phenoxy) is 1. The number of carbonyl (C=O) groups is 2. The fraction of sp³-hybridized carbons (Fsp3) is 0.167. The van der Waals surface area contributed by atoms with Gasteiger partial charge in [-0.2, -0.15) is 5.10 Å². The number of rotatable bonds is 5. The first kappa shape index (κ1) is 19.3. The Morgan fingerprint density at radius 3 is 2.73 bits per heavy atom. The van der Waals surface area contributed by atoms with Gasteiger partial charge in [-0.1, -0.05) is 23.7 Å². The van der Waals surface area contributed by atoms with Gasteiger partial charge in [0.05, 0.1) is 17.8 Å². The van der Waals surface area contributed by atoms with Gasteiger partial charge in [-0.25, -0.2) is 5.43 Å². The first-order chi connectivity index (χ1) is 12.4. The smallest absolute Gasteiger partial charge is 0.329 e. The fourth-order valence-corrected chi connectivity index (χ4v) is 2.28. The number of benzene rings is 2. The third-order valence-corrected chi connectivity index (χ3v) is 3.50. The zero-order valence-corrected chi connectivity index (χ0v) is 15.0. The predicted molar refractivity (Wildman–Crippen MR) is 99.8 cm³/mol. The number of halogens is 1. The van der Waals surface area contributed by atoms with Crippen molar-refractivity contribution in [1.29, 1.82) is 0 Å². The standard InChI is InChI=1S/C18H18ClN3O4/c1-3-26-15-9-12(8-14(19)16(15)23)10-20-22-18(25)17(24)21-13-6-4-5-11(2)7-13/h4-10,23H,3H2,1-2H3,(H,21,24)(H,22,25)/b20-10-. The molecule has 0 saturated carbocycles. The normalized spacial score (nSPS) is 10.6. The van der Waals surface area contributed by atoms with Crippen LogP contribution in [-0.4, -0.2) is 29.7 Å². The Labute approximate surface area is 155 Å². The summed E-state index contributed by atoms with van der Waals surface area (Å²) in [6.45, 7) is 3.99. The summed E-state index contributed by atoms with van der Waals surface area (Å²) in [5.74, 6) is -1.73. The van der Waals surface area contributed by atoms with Crippen LogP contribution in [0.3, 0.4) is 0 Å². The van der Waals surface area contributed by atoms with Crippen LogP contribution in [0.5, 0.6) is 11.5 Å². The minimum Gasteiger partial charge on any atom is -0.503 e. The number of aromatic hydroxyl groups is 1. The number of carbonyl (C=O) groups excluding carboxylic acids is 2. The number of aryl methyl sites for hydroxylation is 1. The Bertz CT molecular complexity index is 852. The van der Waals surface area contributed by atoms with Crippen LogP contribution >= 0.6 is 11.6 Å². The van der Waals surface area contributed by atoms with Crippen molar-refractivity contribution in [3.05, 3.63) is 52.5 Å². The summed E-state index contributed by atoms with van der Waals surface area (Å²) < 4.78 is 5.25. The molecule has 136 valence electrons. The number of hydrogen-bond acceptors (Lipinski definition) is 5. The molecule has 0 unspecified atom stereocenters. The molecule has 3 N–H and O–H groups in total. The highest BCUT2D eigenvalue weighted by molar-refractivity contribution is 6.39. The number of anilines is 1. The lowest BCUT2D eigenvalue weighted by Crippen LogP contribution is -2.32. The molecule has 2 aromatic carbocycles. The molecule has 0 fully saturated rings. The lowest BCUT2D eigenvalue weighted by molar-refractivity contribution is -0.136. The van der Waals surface area contributed by atoms with Gasteiger partial charge in [0.25, 0.3) is 0 Å². The molecule has 0 radical (unpaired) electrons. The van der Waals surface area contributed by atoms with Crippen molar-refractivity contribution in [1.82, 2.24) is 5.43 Å². The summed E-state index contributed by atoms with van der Waals surface area (Å²) in [5, 5.41) is 16.0. The average molecular weight is 376 g/mol. The summed E-state index contributed by atoms with van der Waals surface area (Å²) in [5.41, 5.74) is 4.07. The van der Waals surface area contributed by atoms with Gasteiger partial charge in [-0.05, 0) is 49.2 Å². The van der Waals surface area contributed by atoms with Crippen molar-refractivity contribution in [3.8, 4) is 11.5 Å². The van der Waals surface area contributed by atoms with E-state index >= 15 is 0 Å². The van der Waals surface area contributed by atoms with Crippen molar-refractivity contribution in [2.45, 2.75) is 13.8 Å². The molecule has 7 nitrogen and oxygen atoms in total. The fourth-order valence-electron chi connectivity index (χ4n) is 2.06. The summed E-state index contributed by atoms with van der Waals surface area (Å²) in [7, 11) is 0. The van der Waals surface area contributed by atoms with Crippen LogP contribution in [0.2, 0.25) is 5.02 Å². The molecule has 2 amide bonds. The molecule has 0 aromatic heterocycles. The SMILES string of the molecule is CCOc1cc(/C=N\NC(=O)C(=O)Nc2cccc(C)c2)cc(Cl)c1O. The van der Waals surface area contributed by atoms with Gasteiger partial charge < -0.3 is 15.2 Å². The highest BCUT2D eigenvalue weighted by atomic mass is 35.5. The Morgan fingerprint density at radius 2 is 2.04 bits per heavy atom. The number of phenols is 1. The van der Waals surface area contributed by atoms with Gasteiger partial charge in [0.2, 0.25) is 0 Å². The van der Waals surface area contributed by atoms with Crippen molar-refractivity contribution >= 4 is 35.3 Å². The second kappa shape index (κ2) is 8.87. The minimum absolute atomic E-state index is 0.0842. The molecule has 0 aliphatic heterocycles. The van der Waals surface area contributed by atoms with Crippen LogP contribution in [-0.2, 0) is 9.59 Å². The van der Waals surface area contributed by atoms with Gasteiger partial charge >= 0.3 is 11.8 Å². The maximum atomic E-state index is 11.8. The third kappa shape index (κ3) is 5.22. The molecule has 0 atom stereocenters. The first-order valence-corrected chi connectivity index (χ1v) is 8.15. The maximum absolute atomic E-state index is 11.8. The number of phenolic OH excluding ortho intramolecular Hbond substituents is 1. The van der Waals surface area contributed by atoms with E-state index in [1.54, 1.807) is 25.1 Å². The molecule has 2 rings (SSSR count). The van der Waals surface area contributed by atoms with Gasteiger partial charge in [0.1, 0.15) is 0 Å². The van der Waals surface area contributed by atoms with E-state index in [1.165, 1.54) is 18.3 Å². The highest BCUT2D eigenvalue weighted by Gasteiger charge is 2.13. The number of hydrazone groups is 1. The van der Waals surface area contributed by atoms with E-state index in [4.69, 9.17) is 16.3 Å². The number of nitrogens with zero attached hydrogens (tertiary/aromatic N) is 1. The van der Waals surface area contributed by atoms with Crippen molar-refractivity contribution < 1.29 is 19.4 Å². The summed E-state index contributed by atoms with van der Waals surface area (Å²) in [4.78, 5) is 23.6. The van der Waals surface area contributed by atoms with Crippen molar-refractivity contribution in [2.75, 3.05) is 11.9 Å². The van der Waals surface area contributed by atoms with E-state index in [0.717, 1.165) is 5.56 Å². The average Bonchev–Trinajstić information content (AvgIpc) is 2.59. The molecule has 0 spiro atoms.